The van der Waals surface area contributed by atoms with E-state index in [1.165, 1.54) is 0 Å². The summed E-state index contributed by atoms with van der Waals surface area (Å²) in [6.07, 6.45) is 0.819. The molecule has 0 heterocycles. The summed E-state index contributed by atoms with van der Waals surface area (Å²) in [4.78, 5) is 23.2. The first kappa shape index (κ1) is 12.6. The van der Waals surface area contributed by atoms with Gasteiger partial charge in [0.2, 0.25) is 5.91 Å². The van der Waals surface area contributed by atoms with Crippen molar-refractivity contribution in [3.05, 3.63) is 35.9 Å². The Labute approximate surface area is 106 Å². The molecule has 2 rings (SSSR count). The van der Waals surface area contributed by atoms with Crippen LogP contribution >= 0.6 is 0 Å². The summed E-state index contributed by atoms with van der Waals surface area (Å²) in [6, 6.07) is 7.79. The van der Waals surface area contributed by atoms with Crippen LogP contribution < -0.4 is 5.32 Å². The van der Waals surface area contributed by atoms with E-state index in [2.05, 4.69) is 5.32 Å². The molecule has 4 heteroatoms. The second-order valence-electron chi connectivity index (χ2n) is 5.44. The molecule has 0 radical (unpaired) electrons. The summed E-state index contributed by atoms with van der Waals surface area (Å²) in [6.45, 7) is 4.02. The number of benzene rings is 1. The van der Waals surface area contributed by atoms with Crippen LogP contribution in [0.25, 0.3) is 0 Å². The van der Waals surface area contributed by atoms with Gasteiger partial charge in [0.05, 0.1) is 0 Å². The van der Waals surface area contributed by atoms with E-state index < -0.39 is 12.0 Å². The van der Waals surface area contributed by atoms with Crippen molar-refractivity contribution in [2.75, 3.05) is 0 Å². The van der Waals surface area contributed by atoms with Crippen molar-refractivity contribution in [1.82, 2.24) is 5.32 Å². The largest absolute Gasteiger partial charge is 0.479 e. The predicted octanol–water partition coefficient (Wildman–Crippen LogP) is 1.97. The van der Waals surface area contributed by atoms with Crippen LogP contribution in [0.15, 0.2) is 30.3 Å². The Morgan fingerprint density at radius 2 is 1.89 bits per heavy atom. The number of hydrogen-bond donors (Lipinski definition) is 2. The van der Waals surface area contributed by atoms with Gasteiger partial charge in [-0.05, 0) is 17.4 Å². The monoisotopic (exact) mass is 247 g/mol. The van der Waals surface area contributed by atoms with Crippen molar-refractivity contribution in [2.24, 2.45) is 11.3 Å². The quantitative estimate of drug-likeness (QED) is 0.854. The highest BCUT2D eigenvalue weighted by molar-refractivity contribution is 5.87. The van der Waals surface area contributed by atoms with Crippen LogP contribution in [0.5, 0.6) is 0 Å². The van der Waals surface area contributed by atoms with Gasteiger partial charge in [0, 0.05) is 5.92 Å². The zero-order chi connectivity index (χ0) is 13.3. The zero-order valence-electron chi connectivity index (χ0n) is 10.5. The topological polar surface area (TPSA) is 66.4 Å². The first-order valence-corrected chi connectivity index (χ1v) is 6.00. The summed E-state index contributed by atoms with van der Waals surface area (Å²) in [5.41, 5.74) is 0.598. The summed E-state index contributed by atoms with van der Waals surface area (Å²) in [5.74, 6) is -1.27. The number of aliphatic carboxylic acids is 1. The van der Waals surface area contributed by atoms with Crippen LogP contribution in [0.4, 0.5) is 0 Å². The molecule has 0 bridgehead atoms. The van der Waals surface area contributed by atoms with Crippen molar-refractivity contribution in [2.45, 2.75) is 26.3 Å². The molecule has 1 fully saturated rings. The molecule has 1 aliphatic carbocycles. The van der Waals surface area contributed by atoms with Crippen LogP contribution in [-0.2, 0) is 9.59 Å². The highest BCUT2D eigenvalue weighted by Gasteiger charge is 2.51. The molecule has 1 aromatic carbocycles. The zero-order valence-corrected chi connectivity index (χ0v) is 10.5. The molecule has 1 saturated carbocycles. The number of carboxylic acids is 1. The molecule has 1 amide bonds. The first-order chi connectivity index (χ1) is 8.42. The van der Waals surface area contributed by atoms with Gasteiger partial charge in [-0.2, -0.15) is 0 Å². The average molecular weight is 247 g/mol. The van der Waals surface area contributed by atoms with Crippen LogP contribution in [-0.4, -0.2) is 17.0 Å². The smallest absolute Gasteiger partial charge is 0.330 e. The Kier molecular flexibility index (Phi) is 3.11. The summed E-state index contributed by atoms with van der Waals surface area (Å²) >= 11 is 0. The summed E-state index contributed by atoms with van der Waals surface area (Å²) in [5, 5.41) is 11.8. The SMILES string of the molecule is CC1(C)C[C@@H]1C(=O)N[C@H](C(=O)O)c1ccccc1. The number of carbonyl (C=O) groups is 2. The van der Waals surface area contributed by atoms with Crippen LogP contribution in [0, 0.1) is 11.3 Å². The number of carbonyl (C=O) groups excluding carboxylic acids is 1. The van der Waals surface area contributed by atoms with E-state index in [1.54, 1.807) is 24.3 Å². The second-order valence-corrected chi connectivity index (χ2v) is 5.44. The van der Waals surface area contributed by atoms with Crippen molar-refractivity contribution < 1.29 is 14.7 Å². The Bertz CT molecular complexity index is 467. The van der Waals surface area contributed by atoms with Gasteiger partial charge in [-0.15, -0.1) is 0 Å². The van der Waals surface area contributed by atoms with Gasteiger partial charge in [0.15, 0.2) is 6.04 Å². The van der Waals surface area contributed by atoms with E-state index in [-0.39, 0.29) is 17.2 Å². The minimum absolute atomic E-state index is 0.00379. The average Bonchev–Trinajstić information content (AvgIpc) is 2.96. The third-order valence-electron chi connectivity index (χ3n) is 3.50. The standard InChI is InChI=1S/C14H17NO3/c1-14(2)8-10(14)12(16)15-11(13(17)18)9-6-4-3-5-7-9/h3-7,10-11H,8H2,1-2H3,(H,15,16)(H,17,18)/t10-,11+/m1/s1. The Balaban J connectivity index is 2.09. The maximum absolute atomic E-state index is 11.9. The number of carboxylic acid groups (broad SMARTS) is 1. The molecular weight excluding hydrogens is 230 g/mol. The first-order valence-electron chi connectivity index (χ1n) is 6.00. The van der Waals surface area contributed by atoms with E-state index in [4.69, 9.17) is 0 Å². The number of nitrogens with one attached hydrogen (secondary N) is 1. The third-order valence-corrected chi connectivity index (χ3v) is 3.50. The minimum Gasteiger partial charge on any atom is -0.479 e. The number of hydrogen-bond acceptors (Lipinski definition) is 2. The minimum atomic E-state index is -1.03. The number of amides is 1. The fourth-order valence-corrected chi connectivity index (χ4v) is 2.09. The summed E-state index contributed by atoms with van der Waals surface area (Å²) in [7, 11) is 0. The predicted molar refractivity (Wildman–Crippen MR) is 66.8 cm³/mol. The normalized spacial score (nSPS) is 22.0. The molecule has 0 unspecified atom stereocenters. The van der Waals surface area contributed by atoms with Gasteiger partial charge >= 0.3 is 5.97 Å². The maximum Gasteiger partial charge on any atom is 0.330 e. The Hall–Kier alpha value is -1.84. The number of rotatable bonds is 4. The van der Waals surface area contributed by atoms with E-state index in [0.29, 0.717) is 5.56 Å². The molecule has 96 valence electrons. The van der Waals surface area contributed by atoms with Crippen LogP contribution in [0.2, 0.25) is 0 Å². The van der Waals surface area contributed by atoms with E-state index in [0.717, 1.165) is 6.42 Å². The summed E-state index contributed by atoms with van der Waals surface area (Å²) < 4.78 is 0. The molecule has 2 atom stereocenters. The van der Waals surface area contributed by atoms with E-state index in [9.17, 15) is 14.7 Å². The van der Waals surface area contributed by atoms with Gasteiger partial charge < -0.3 is 10.4 Å². The molecule has 0 saturated heterocycles. The molecule has 18 heavy (non-hydrogen) atoms. The molecule has 4 nitrogen and oxygen atoms in total. The third kappa shape index (κ3) is 2.53. The van der Waals surface area contributed by atoms with Crippen molar-refractivity contribution >= 4 is 11.9 Å². The molecular formula is C14H17NO3. The lowest BCUT2D eigenvalue weighted by Crippen LogP contribution is -2.35. The van der Waals surface area contributed by atoms with E-state index in [1.807, 2.05) is 19.9 Å². The lowest BCUT2D eigenvalue weighted by atomic mass is 10.1. The second kappa shape index (κ2) is 4.44. The van der Waals surface area contributed by atoms with Gasteiger partial charge in [-0.25, -0.2) is 4.79 Å². The van der Waals surface area contributed by atoms with Gasteiger partial charge in [0.25, 0.3) is 0 Å². The lowest BCUT2D eigenvalue weighted by molar-refractivity contribution is -0.142. The van der Waals surface area contributed by atoms with Gasteiger partial charge in [-0.1, -0.05) is 44.2 Å². The molecule has 1 aliphatic rings. The lowest BCUT2D eigenvalue weighted by Gasteiger charge is -2.15. The molecule has 0 aliphatic heterocycles. The maximum atomic E-state index is 11.9. The Morgan fingerprint density at radius 1 is 1.33 bits per heavy atom. The molecule has 0 spiro atoms. The van der Waals surface area contributed by atoms with Gasteiger partial charge in [-0.3, -0.25) is 4.79 Å². The highest BCUT2D eigenvalue weighted by Crippen LogP contribution is 2.51. The van der Waals surface area contributed by atoms with Crippen molar-refractivity contribution in [3.63, 3.8) is 0 Å². The highest BCUT2D eigenvalue weighted by atomic mass is 16.4. The van der Waals surface area contributed by atoms with Crippen molar-refractivity contribution in [3.8, 4) is 0 Å². The van der Waals surface area contributed by atoms with Crippen LogP contribution in [0.3, 0.4) is 0 Å². The van der Waals surface area contributed by atoms with Gasteiger partial charge in [0.1, 0.15) is 0 Å². The molecule has 0 aromatic heterocycles. The fourth-order valence-electron chi connectivity index (χ4n) is 2.09. The molecule has 1 aromatic rings. The van der Waals surface area contributed by atoms with Crippen LogP contribution in [0.1, 0.15) is 31.9 Å². The van der Waals surface area contributed by atoms with E-state index >= 15 is 0 Å². The fraction of sp³-hybridized carbons (Fsp3) is 0.429. The Morgan fingerprint density at radius 3 is 2.33 bits per heavy atom. The molecule has 2 N–H and O–H groups in total. The van der Waals surface area contributed by atoms with Crippen molar-refractivity contribution in [1.29, 1.82) is 0 Å².